The second-order valence-electron chi connectivity index (χ2n) is 4.52. The highest BCUT2D eigenvalue weighted by Gasteiger charge is 2.19. The van der Waals surface area contributed by atoms with Gasteiger partial charge in [-0.15, -0.1) is 0 Å². The lowest BCUT2D eigenvalue weighted by atomic mass is 9.87. The summed E-state index contributed by atoms with van der Waals surface area (Å²) < 4.78 is 6.40. The zero-order valence-electron chi connectivity index (χ0n) is 9.29. The van der Waals surface area contributed by atoms with Crippen LogP contribution in [0.25, 0.3) is 0 Å². The SMILES string of the molecule is OC1CCCC(CNCc2ccc(I)o2)C1. The average molecular weight is 335 g/mol. The number of rotatable bonds is 4. The summed E-state index contributed by atoms with van der Waals surface area (Å²) in [4.78, 5) is 0. The minimum Gasteiger partial charge on any atom is -0.454 e. The molecular formula is C12H18INO2. The van der Waals surface area contributed by atoms with Crippen LogP contribution >= 0.6 is 22.6 Å². The summed E-state index contributed by atoms with van der Waals surface area (Å²) >= 11 is 2.17. The maximum atomic E-state index is 9.55. The van der Waals surface area contributed by atoms with E-state index in [0.717, 1.165) is 41.9 Å². The van der Waals surface area contributed by atoms with Gasteiger partial charge in [-0.1, -0.05) is 6.42 Å². The molecule has 1 aromatic heterocycles. The Hall–Kier alpha value is -0.0700. The van der Waals surface area contributed by atoms with Crippen LogP contribution in [0.4, 0.5) is 0 Å². The van der Waals surface area contributed by atoms with E-state index in [1.54, 1.807) is 0 Å². The maximum Gasteiger partial charge on any atom is 0.164 e. The van der Waals surface area contributed by atoms with Crippen molar-refractivity contribution in [1.82, 2.24) is 5.32 Å². The van der Waals surface area contributed by atoms with Crippen molar-refractivity contribution in [3.63, 3.8) is 0 Å². The topological polar surface area (TPSA) is 45.4 Å². The van der Waals surface area contributed by atoms with Crippen molar-refractivity contribution in [2.24, 2.45) is 5.92 Å². The first-order valence-electron chi connectivity index (χ1n) is 5.87. The van der Waals surface area contributed by atoms with Crippen molar-refractivity contribution in [2.75, 3.05) is 6.54 Å². The fraction of sp³-hybridized carbons (Fsp3) is 0.667. The Morgan fingerprint density at radius 1 is 1.44 bits per heavy atom. The zero-order valence-corrected chi connectivity index (χ0v) is 11.4. The third-order valence-electron chi connectivity index (χ3n) is 3.12. The van der Waals surface area contributed by atoms with Crippen molar-refractivity contribution in [3.05, 3.63) is 21.7 Å². The quantitative estimate of drug-likeness (QED) is 0.832. The van der Waals surface area contributed by atoms with Gasteiger partial charge in [0.2, 0.25) is 0 Å². The lowest BCUT2D eigenvalue weighted by Crippen LogP contribution is -2.28. The molecule has 2 N–H and O–H groups in total. The lowest BCUT2D eigenvalue weighted by molar-refractivity contribution is 0.100. The molecule has 0 bridgehead atoms. The van der Waals surface area contributed by atoms with E-state index in [9.17, 15) is 5.11 Å². The predicted octanol–water partition coefficient (Wildman–Crippen LogP) is 2.52. The van der Waals surface area contributed by atoms with Gasteiger partial charge in [0, 0.05) is 0 Å². The summed E-state index contributed by atoms with van der Waals surface area (Å²) in [5.41, 5.74) is 0. The summed E-state index contributed by atoms with van der Waals surface area (Å²) in [5.74, 6) is 1.61. The fourth-order valence-electron chi connectivity index (χ4n) is 2.29. The lowest BCUT2D eigenvalue weighted by Gasteiger charge is -2.25. The molecule has 90 valence electrons. The van der Waals surface area contributed by atoms with E-state index in [2.05, 4.69) is 27.9 Å². The van der Waals surface area contributed by atoms with Crippen molar-refractivity contribution in [1.29, 1.82) is 0 Å². The van der Waals surface area contributed by atoms with E-state index < -0.39 is 0 Å². The van der Waals surface area contributed by atoms with Crippen LogP contribution in [0, 0.1) is 9.68 Å². The maximum absolute atomic E-state index is 9.55. The molecule has 1 aliphatic carbocycles. The van der Waals surface area contributed by atoms with Crippen LogP contribution in [0.2, 0.25) is 0 Å². The molecule has 0 radical (unpaired) electrons. The normalized spacial score (nSPS) is 25.9. The Morgan fingerprint density at radius 3 is 3.00 bits per heavy atom. The van der Waals surface area contributed by atoms with Gasteiger partial charge in [0.1, 0.15) is 5.76 Å². The first kappa shape index (κ1) is 12.4. The molecule has 0 aliphatic heterocycles. The van der Waals surface area contributed by atoms with Gasteiger partial charge in [0.15, 0.2) is 3.77 Å². The Balaban J connectivity index is 1.67. The fourth-order valence-corrected chi connectivity index (χ4v) is 2.76. The van der Waals surface area contributed by atoms with Crippen LogP contribution in [-0.2, 0) is 6.54 Å². The number of halogens is 1. The van der Waals surface area contributed by atoms with E-state index in [0.29, 0.717) is 5.92 Å². The number of aliphatic hydroxyl groups excluding tert-OH is 1. The highest BCUT2D eigenvalue weighted by atomic mass is 127. The average Bonchev–Trinajstić information content (AvgIpc) is 2.64. The van der Waals surface area contributed by atoms with E-state index in [1.165, 1.54) is 6.42 Å². The van der Waals surface area contributed by atoms with Gasteiger partial charge in [0.05, 0.1) is 12.6 Å². The van der Waals surface area contributed by atoms with Gasteiger partial charge < -0.3 is 14.8 Å². The third-order valence-corrected chi connectivity index (χ3v) is 3.70. The van der Waals surface area contributed by atoms with Crippen LogP contribution in [-0.4, -0.2) is 17.8 Å². The molecule has 1 heterocycles. The second kappa shape index (κ2) is 6.02. The zero-order chi connectivity index (χ0) is 11.4. The van der Waals surface area contributed by atoms with Gasteiger partial charge in [-0.3, -0.25) is 0 Å². The molecule has 3 nitrogen and oxygen atoms in total. The molecule has 1 aliphatic rings. The van der Waals surface area contributed by atoms with Crippen molar-refractivity contribution in [2.45, 2.75) is 38.3 Å². The van der Waals surface area contributed by atoms with E-state index in [4.69, 9.17) is 4.42 Å². The minimum absolute atomic E-state index is 0.0786. The van der Waals surface area contributed by atoms with E-state index in [1.807, 2.05) is 12.1 Å². The minimum atomic E-state index is -0.0786. The van der Waals surface area contributed by atoms with E-state index in [-0.39, 0.29) is 6.10 Å². The Morgan fingerprint density at radius 2 is 2.31 bits per heavy atom. The summed E-state index contributed by atoms with van der Waals surface area (Å²) in [6, 6.07) is 3.98. The van der Waals surface area contributed by atoms with Crippen molar-refractivity contribution in [3.8, 4) is 0 Å². The Bertz CT molecular complexity index is 327. The van der Waals surface area contributed by atoms with Crippen LogP contribution in [0.5, 0.6) is 0 Å². The Labute approximate surface area is 110 Å². The first-order chi connectivity index (χ1) is 7.74. The molecule has 0 spiro atoms. The predicted molar refractivity (Wildman–Crippen MR) is 71.1 cm³/mol. The molecular weight excluding hydrogens is 317 g/mol. The van der Waals surface area contributed by atoms with Crippen LogP contribution < -0.4 is 5.32 Å². The van der Waals surface area contributed by atoms with Gasteiger partial charge in [-0.25, -0.2) is 0 Å². The molecule has 1 fully saturated rings. The van der Waals surface area contributed by atoms with Crippen LogP contribution in [0.3, 0.4) is 0 Å². The number of nitrogens with one attached hydrogen (secondary N) is 1. The molecule has 4 heteroatoms. The summed E-state index contributed by atoms with van der Waals surface area (Å²) in [5, 5.41) is 12.9. The molecule has 1 aromatic rings. The molecule has 2 atom stereocenters. The molecule has 0 amide bonds. The van der Waals surface area contributed by atoms with Crippen molar-refractivity contribution < 1.29 is 9.52 Å². The first-order valence-corrected chi connectivity index (χ1v) is 6.95. The highest BCUT2D eigenvalue weighted by Crippen LogP contribution is 2.23. The molecule has 2 rings (SSSR count). The van der Waals surface area contributed by atoms with Gasteiger partial charge in [-0.2, -0.15) is 0 Å². The standard InChI is InChI=1S/C12H18INO2/c13-12-5-4-11(16-12)8-14-7-9-2-1-3-10(15)6-9/h4-5,9-10,14-15H,1-3,6-8H2. The van der Waals surface area contributed by atoms with Crippen molar-refractivity contribution >= 4 is 22.6 Å². The molecule has 2 unspecified atom stereocenters. The van der Waals surface area contributed by atoms with Crippen LogP contribution in [0.1, 0.15) is 31.4 Å². The summed E-state index contributed by atoms with van der Waals surface area (Å²) in [6.45, 7) is 1.77. The second-order valence-corrected chi connectivity index (χ2v) is 5.59. The number of hydrogen-bond acceptors (Lipinski definition) is 3. The smallest absolute Gasteiger partial charge is 0.164 e. The monoisotopic (exact) mass is 335 g/mol. The largest absolute Gasteiger partial charge is 0.454 e. The van der Waals surface area contributed by atoms with Gasteiger partial charge in [-0.05, 0) is 66.4 Å². The molecule has 0 aromatic carbocycles. The number of furan rings is 1. The molecule has 16 heavy (non-hydrogen) atoms. The number of hydrogen-bond donors (Lipinski definition) is 2. The summed E-state index contributed by atoms with van der Waals surface area (Å²) in [7, 11) is 0. The Kier molecular flexibility index (Phi) is 4.66. The van der Waals surface area contributed by atoms with Crippen LogP contribution in [0.15, 0.2) is 16.5 Å². The van der Waals surface area contributed by atoms with Gasteiger partial charge in [0.25, 0.3) is 0 Å². The third kappa shape index (κ3) is 3.75. The highest BCUT2D eigenvalue weighted by molar-refractivity contribution is 14.1. The van der Waals surface area contributed by atoms with Gasteiger partial charge >= 0.3 is 0 Å². The molecule has 1 saturated carbocycles. The van der Waals surface area contributed by atoms with E-state index >= 15 is 0 Å². The summed E-state index contributed by atoms with van der Waals surface area (Å²) in [6.07, 6.45) is 4.24. The number of aliphatic hydroxyl groups is 1. The molecule has 0 saturated heterocycles.